The standard InChI is InChI=1S/C19H18N2O4S/c1-12-5-7-14(8-6-12)18-21-16(11-26-18)19(23)25-13(2)17(22)20-10-15-4-3-9-24-15/h3-9,11,13H,10H2,1-2H3,(H,20,22). The number of esters is 1. The monoisotopic (exact) mass is 370 g/mol. The van der Waals surface area contributed by atoms with E-state index < -0.39 is 18.0 Å². The van der Waals surface area contributed by atoms with Gasteiger partial charge in [0.1, 0.15) is 10.8 Å². The lowest BCUT2D eigenvalue weighted by atomic mass is 10.2. The van der Waals surface area contributed by atoms with Crippen molar-refractivity contribution in [1.29, 1.82) is 0 Å². The summed E-state index contributed by atoms with van der Waals surface area (Å²) in [6.45, 7) is 3.76. The maximum atomic E-state index is 12.2. The SMILES string of the molecule is Cc1ccc(-c2nc(C(=O)OC(C)C(=O)NCc3ccco3)cs2)cc1. The van der Waals surface area contributed by atoms with Gasteiger partial charge in [-0.3, -0.25) is 4.79 Å². The van der Waals surface area contributed by atoms with Crippen molar-refractivity contribution >= 4 is 23.2 Å². The number of carbonyl (C=O) groups is 2. The number of aryl methyl sites for hydroxylation is 1. The second-order valence-electron chi connectivity index (χ2n) is 5.75. The van der Waals surface area contributed by atoms with Crippen molar-refractivity contribution in [2.75, 3.05) is 0 Å². The average Bonchev–Trinajstić information content (AvgIpc) is 3.32. The average molecular weight is 370 g/mol. The lowest BCUT2D eigenvalue weighted by Crippen LogP contribution is -2.35. The molecule has 1 amide bonds. The lowest BCUT2D eigenvalue weighted by molar-refractivity contribution is -0.129. The number of furan rings is 1. The van der Waals surface area contributed by atoms with Crippen molar-refractivity contribution in [3.8, 4) is 10.6 Å². The van der Waals surface area contributed by atoms with Crippen LogP contribution in [-0.4, -0.2) is 23.0 Å². The van der Waals surface area contributed by atoms with Crippen molar-refractivity contribution in [1.82, 2.24) is 10.3 Å². The second-order valence-corrected chi connectivity index (χ2v) is 6.61. The van der Waals surface area contributed by atoms with Gasteiger partial charge in [0.15, 0.2) is 11.8 Å². The predicted molar refractivity (Wildman–Crippen MR) is 97.7 cm³/mol. The third-order valence-electron chi connectivity index (χ3n) is 3.68. The Morgan fingerprint density at radius 3 is 2.73 bits per heavy atom. The van der Waals surface area contributed by atoms with Crippen LogP contribution in [0.25, 0.3) is 10.6 Å². The molecule has 3 rings (SSSR count). The molecule has 0 spiro atoms. The molecule has 0 fully saturated rings. The number of rotatable bonds is 6. The molecule has 0 aliphatic heterocycles. The molecule has 2 aromatic heterocycles. The summed E-state index contributed by atoms with van der Waals surface area (Å²) in [6, 6.07) is 11.4. The fourth-order valence-electron chi connectivity index (χ4n) is 2.20. The Labute approximate surface area is 154 Å². The van der Waals surface area contributed by atoms with Gasteiger partial charge in [0.25, 0.3) is 5.91 Å². The van der Waals surface area contributed by atoms with Crippen molar-refractivity contribution in [2.24, 2.45) is 0 Å². The van der Waals surface area contributed by atoms with Gasteiger partial charge in [-0.15, -0.1) is 11.3 Å². The summed E-state index contributed by atoms with van der Waals surface area (Å²) in [6.07, 6.45) is 0.598. The minimum absolute atomic E-state index is 0.191. The molecule has 1 atom stereocenters. The summed E-state index contributed by atoms with van der Waals surface area (Å²) in [4.78, 5) is 28.5. The smallest absolute Gasteiger partial charge is 0.358 e. The van der Waals surface area contributed by atoms with Crippen LogP contribution in [0.3, 0.4) is 0 Å². The second kappa shape index (κ2) is 7.97. The van der Waals surface area contributed by atoms with Gasteiger partial charge in [-0.2, -0.15) is 0 Å². The number of ether oxygens (including phenoxy) is 1. The first kappa shape index (κ1) is 17.9. The molecule has 1 aromatic carbocycles. The van der Waals surface area contributed by atoms with E-state index in [1.54, 1.807) is 17.5 Å². The molecule has 134 valence electrons. The highest BCUT2D eigenvalue weighted by Crippen LogP contribution is 2.24. The van der Waals surface area contributed by atoms with Gasteiger partial charge in [-0.1, -0.05) is 29.8 Å². The zero-order valence-corrected chi connectivity index (χ0v) is 15.2. The number of hydrogen-bond donors (Lipinski definition) is 1. The van der Waals surface area contributed by atoms with Crippen LogP contribution in [0.1, 0.15) is 28.7 Å². The molecule has 0 aliphatic carbocycles. The van der Waals surface area contributed by atoms with Gasteiger partial charge < -0.3 is 14.5 Å². The number of hydrogen-bond acceptors (Lipinski definition) is 6. The summed E-state index contributed by atoms with van der Waals surface area (Å²) in [5.41, 5.74) is 2.28. The molecule has 1 N–H and O–H groups in total. The van der Waals surface area contributed by atoms with Crippen LogP contribution in [0, 0.1) is 6.92 Å². The highest BCUT2D eigenvalue weighted by molar-refractivity contribution is 7.13. The van der Waals surface area contributed by atoms with E-state index in [2.05, 4.69) is 10.3 Å². The zero-order chi connectivity index (χ0) is 18.5. The third-order valence-corrected chi connectivity index (χ3v) is 4.57. The molecule has 26 heavy (non-hydrogen) atoms. The maximum absolute atomic E-state index is 12.2. The van der Waals surface area contributed by atoms with Crippen molar-refractivity contribution in [3.63, 3.8) is 0 Å². The molecular formula is C19H18N2O4S. The van der Waals surface area contributed by atoms with Crippen LogP contribution >= 0.6 is 11.3 Å². The number of benzene rings is 1. The maximum Gasteiger partial charge on any atom is 0.358 e. The van der Waals surface area contributed by atoms with Gasteiger partial charge in [0.05, 0.1) is 12.8 Å². The third kappa shape index (κ3) is 4.37. The molecule has 0 radical (unpaired) electrons. The summed E-state index contributed by atoms with van der Waals surface area (Å²) < 4.78 is 10.3. The Balaban J connectivity index is 1.57. The Bertz CT molecular complexity index is 885. The molecule has 0 aliphatic rings. The summed E-state index contributed by atoms with van der Waals surface area (Å²) in [5, 5.41) is 5.01. The fraction of sp³-hybridized carbons (Fsp3) is 0.211. The topological polar surface area (TPSA) is 81.4 Å². The van der Waals surface area contributed by atoms with Gasteiger partial charge in [-0.25, -0.2) is 9.78 Å². The highest BCUT2D eigenvalue weighted by atomic mass is 32.1. The van der Waals surface area contributed by atoms with Crippen LogP contribution in [0.2, 0.25) is 0 Å². The van der Waals surface area contributed by atoms with Crippen LogP contribution in [0.15, 0.2) is 52.5 Å². The Morgan fingerprint density at radius 2 is 2.04 bits per heavy atom. The summed E-state index contributed by atoms with van der Waals surface area (Å²) in [7, 11) is 0. The number of carbonyl (C=O) groups excluding carboxylic acids is 2. The fourth-order valence-corrected chi connectivity index (χ4v) is 3.00. The van der Waals surface area contributed by atoms with E-state index in [4.69, 9.17) is 9.15 Å². The lowest BCUT2D eigenvalue weighted by Gasteiger charge is -2.12. The number of nitrogens with one attached hydrogen (secondary N) is 1. The molecular weight excluding hydrogens is 352 g/mol. The van der Waals surface area contributed by atoms with Gasteiger partial charge in [-0.05, 0) is 26.0 Å². The summed E-state index contributed by atoms with van der Waals surface area (Å²) >= 11 is 1.36. The normalized spacial score (nSPS) is 11.8. The Morgan fingerprint density at radius 1 is 1.27 bits per heavy atom. The van der Waals surface area contributed by atoms with Gasteiger partial charge >= 0.3 is 5.97 Å². The minimum atomic E-state index is -0.929. The van der Waals surface area contributed by atoms with E-state index in [-0.39, 0.29) is 12.2 Å². The number of thiazole rings is 1. The molecule has 0 bridgehead atoms. The number of nitrogens with zero attached hydrogens (tertiary/aromatic N) is 1. The molecule has 1 unspecified atom stereocenters. The Kier molecular flexibility index (Phi) is 5.48. The van der Waals surface area contributed by atoms with Crippen LogP contribution in [0.5, 0.6) is 0 Å². The quantitative estimate of drug-likeness (QED) is 0.671. The van der Waals surface area contributed by atoms with Crippen LogP contribution in [-0.2, 0) is 16.1 Å². The largest absolute Gasteiger partial charge is 0.467 e. The first-order valence-electron chi connectivity index (χ1n) is 8.06. The highest BCUT2D eigenvalue weighted by Gasteiger charge is 2.21. The van der Waals surface area contributed by atoms with E-state index in [0.29, 0.717) is 5.76 Å². The Hall–Kier alpha value is -2.93. The van der Waals surface area contributed by atoms with E-state index in [0.717, 1.165) is 16.1 Å². The molecule has 7 heteroatoms. The number of amides is 1. The first-order chi connectivity index (χ1) is 12.5. The van der Waals surface area contributed by atoms with E-state index in [9.17, 15) is 9.59 Å². The molecule has 3 aromatic rings. The molecule has 6 nitrogen and oxygen atoms in total. The van der Waals surface area contributed by atoms with E-state index in [1.807, 2.05) is 31.2 Å². The zero-order valence-electron chi connectivity index (χ0n) is 14.4. The van der Waals surface area contributed by atoms with Crippen LogP contribution < -0.4 is 5.32 Å². The van der Waals surface area contributed by atoms with Gasteiger partial charge in [0.2, 0.25) is 0 Å². The molecule has 2 heterocycles. The van der Waals surface area contributed by atoms with Gasteiger partial charge in [0, 0.05) is 10.9 Å². The summed E-state index contributed by atoms with van der Waals surface area (Å²) in [5.74, 6) is -0.400. The van der Waals surface area contributed by atoms with E-state index >= 15 is 0 Å². The van der Waals surface area contributed by atoms with Crippen molar-refractivity contribution < 1.29 is 18.7 Å². The molecule has 0 saturated carbocycles. The molecule has 0 saturated heterocycles. The number of aromatic nitrogens is 1. The minimum Gasteiger partial charge on any atom is -0.467 e. The van der Waals surface area contributed by atoms with E-state index in [1.165, 1.54) is 24.5 Å². The van der Waals surface area contributed by atoms with Crippen molar-refractivity contribution in [3.05, 3.63) is 65.1 Å². The predicted octanol–water partition coefficient (Wildman–Crippen LogP) is 3.57. The first-order valence-corrected chi connectivity index (χ1v) is 8.94. The van der Waals surface area contributed by atoms with Crippen LogP contribution in [0.4, 0.5) is 0 Å². The van der Waals surface area contributed by atoms with Crippen molar-refractivity contribution in [2.45, 2.75) is 26.5 Å².